The standard InChI is InChI=1S/C22H27NO3/c1-23(15-21(24)18-10-12-19(26-2)13-11-18)22(25)14-20(17-8-9-17)16-6-4-3-5-7-16/h3-7,10-13,17,20-21,24H,8-9,14-15H2,1-2H3. The Morgan fingerprint density at radius 2 is 1.77 bits per heavy atom. The number of carbonyl (C=O) groups is 1. The van der Waals surface area contributed by atoms with Crippen molar-refractivity contribution in [2.24, 2.45) is 5.92 Å². The van der Waals surface area contributed by atoms with Gasteiger partial charge < -0.3 is 14.7 Å². The van der Waals surface area contributed by atoms with Crippen LogP contribution in [0, 0.1) is 5.92 Å². The number of benzene rings is 2. The lowest BCUT2D eigenvalue weighted by Crippen LogP contribution is -2.32. The van der Waals surface area contributed by atoms with Crippen molar-refractivity contribution in [2.45, 2.75) is 31.3 Å². The summed E-state index contributed by atoms with van der Waals surface area (Å²) in [5.41, 5.74) is 2.03. The fraction of sp³-hybridized carbons (Fsp3) is 0.409. The number of hydrogen-bond donors (Lipinski definition) is 1. The van der Waals surface area contributed by atoms with E-state index in [1.165, 1.54) is 18.4 Å². The molecule has 2 atom stereocenters. The highest BCUT2D eigenvalue weighted by molar-refractivity contribution is 5.77. The average molecular weight is 353 g/mol. The highest BCUT2D eigenvalue weighted by atomic mass is 16.5. The summed E-state index contributed by atoms with van der Waals surface area (Å²) >= 11 is 0. The molecular weight excluding hydrogens is 326 g/mol. The number of amides is 1. The van der Waals surface area contributed by atoms with E-state index in [1.54, 1.807) is 19.1 Å². The summed E-state index contributed by atoms with van der Waals surface area (Å²) in [6, 6.07) is 17.6. The third kappa shape index (κ3) is 4.64. The molecule has 2 unspecified atom stereocenters. The molecule has 0 aliphatic heterocycles. The largest absolute Gasteiger partial charge is 0.497 e. The summed E-state index contributed by atoms with van der Waals surface area (Å²) in [6.07, 6.45) is 2.20. The molecule has 0 spiro atoms. The van der Waals surface area contributed by atoms with Crippen molar-refractivity contribution in [1.82, 2.24) is 4.90 Å². The summed E-state index contributed by atoms with van der Waals surface area (Å²) in [5, 5.41) is 10.4. The lowest BCUT2D eigenvalue weighted by Gasteiger charge is -2.24. The maximum atomic E-state index is 12.7. The zero-order valence-electron chi connectivity index (χ0n) is 15.5. The molecule has 26 heavy (non-hydrogen) atoms. The maximum absolute atomic E-state index is 12.7. The molecule has 1 amide bonds. The van der Waals surface area contributed by atoms with E-state index in [0.717, 1.165) is 11.3 Å². The minimum atomic E-state index is -0.703. The van der Waals surface area contributed by atoms with Gasteiger partial charge in [0.2, 0.25) is 5.91 Å². The molecule has 1 saturated carbocycles. The highest BCUT2D eigenvalue weighted by Gasteiger charge is 2.34. The Bertz CT molecular complexity index is 710. The molecule has 4 nitrogen and oxygen atoms in total. The predicted octanol–water partition coefficient (Wildman–Crippen LogP) is 3.77. The van der Waals surface area contributed by atoms with Crippen LogP contribution >= 0.6 is 0 Å². The molecule has 1 aliphatic rings. The second-order valence-electron chi connectivity index (χ2n) is 7.12. The first-order valence-electron chi connectivity index (χ1n) is 9.19. The van der Waals surface area contributed by atoms with Crippen molar-refractivity contribution < 1.29 is 14.6 Å². The van der Waals surface area contributed by atoms with E-state index in [1.807, 2.05) is 42.5 Å². The van der Waals surface area contributed by atoms with Gasteiger partial charge in [0, 0.05) is 13.5 Å². The van der Waals surface area contributed by atoms with E-state index >= 15 is 0 Å². The van der Waals surface area contributed by atoms with E-state index < -0.39 is 6.10 Å². The number of rotatable bonds is 8. The minimum Gasteiger partial charge on any atom is -0.497 e. The predicted molar refractivity (Wildman–Crippen MR) is 102 cm³/mol. The normalized spacial score (nSPS) is 16.0. The third-order valence-electron chi connectivity index (χ3n) is 5.19. The lowest BCUT2D eigenvalue weighted by molar-refractivity contribution is -0.131. The first kappa shape index (κ1) is 18.5. The van der Waals surface area contributed by atoms with Gasteiger partial charge >= 0.3 is 0 Å². The summed E-state index contributed by atoms with van der Waals surface area (Å²) in [5.74, 6) is 1.73. The molecule has 0 radical (unpaired) electrons. The van der Waals surface area contributed by atoms with Crippen molar-refractivity contribution in [1.29, 1.82) is 0 Å². The van der Waals surface area contributed by atoms with E-state index in [2.05, 4.69) is 12.1 Å². The van der Waals surface area contributed by atoms with Crippen LogP contribution in [0.4, 0.5) is 0 Å². The van der Waals surface area contributed by atoms with Crippen molar-refractivity contribution in [3.05, 3.63) is 65.7 Å². The van der Waals surface area contributed by atoms with Gasteiger partial charge in [-0.15, -0.1) is 0 Å². The van der Waals surface area contributed by atoms with Crippen molar-refractivity contribution >= 4 is 5.91 Å². The Morgan fingerprint density at radius 3 is 2.35 bits per heavy atom. The number of carbonyl (C=O) groups excluding carboxylic acids is 1. The molecule has 0 saturated heterocycles. The molecule has 2 aromatic rings. The van der Waals surface area contributed by atoms with Gasteiger partial charge in [0.1, 0.15) is 5.75 Å². The number of hydrogen-bond acceptors (Lipinski definition) is 3. The Kier molecular flexibility index (Phi) is 5.94. The zero-order chi connectivity index (χ0) is 18.5. The number of methoxy groups -OCH3 is 1. The van der Waals surface area contributed by atoms with Crippen LogP contribution in [0.5, 0.6) is 5.75 Å². The number of aliphatic hydroxyl groups is 1. The van der Waals surface area contributed by atoms with Gasteiger partial charge in [-0.05, 0) is 47.9 Å². The van der Waals surface area contributed by atoms with Crippen molar-refractivity contribution in [3.8, 4) is 5.75 Å². The average Bonchev–Trinajstić information content (AvgIpc) is 3.51. The van der Waals surface area contributed by atoms with Gasteiger partial charge in [0.25, 0.3) is 0 Å². The molecule has 1 N–H and O–H groups in total. The summed E-state index contributed by atoms with van der Waals surface area (Å²) in [4.78, 5) is 14.4. The van der Waals surface area contributed by atoms with Gasteiger partial charge in [0.15, 0.2) is 0 Å². The smallest absolute Gasteiger partial charge is 0.223 e. The quantitative estimate of drug-likeness (QED) is 0.786. The van der Waals surface area contributed by atoms with Crippen LogP contribution in [0.3, 0.4) is 0 Å². The first-order chi connectivity index (χ1) is 12.6. The van der Waals surface area contributed by atoms with Gasteiger partial charge in [-0.25, -0.2) is 0 Å². The Morgan fingerprint density at radius 1 is 1.12 bits per heavy atom. The van der Waals surface area contributed by atoms with E-state index in [4.69, 9.17) is 4.74 Å². The van der Waals surface area contributed by atoms with Crippen LogP contribution in [0.25, 0.3) is 0 Å². The molecule has 0 bridgehead atoms. The Labute approximate surface area is 155 Å². The molecule has 1 fully saturated rings. The molecule has 3 rings (SSSR count). The number of nitrogens with zero attached hydrogens (tertiary/aromatic N) is 1. The van der Waals surface area contributed by atoms with E-state index in [9.17, 15) is 9.90 Å². The van der Waals surface area contributed by atoms with Crippen LogP contribution in [0.1, 0.15) is 42.4 Å². The summed E-state index contributed by atoms with van der Waals surface area (Å²) < 4.78 is 5.14. The van der Waals surface area contributed by atoms with Crippen molar-refractivity contribution in [3.63, 3.8) is 0 Å². The maximum Gasteiger partial charge on any atom is 0.223 e. The second kappa shape index (κ2) is 8.37. The SMILES string of the molecule is COc1ccc(C(O)CN(C)C(=O)CC(c2ccccc2)C2CC2)cc1. The zero-order valence-corrected chi connectivity index (χ0v) is 15.5. The van der Waals surface area contributed by atoms with Crippen LogP contribution in [0.15, 0.2) is 54.6 Å². The molecule has 0 aromatic heterocycles. The van der Waals surface area contributed by atoms with Gasteiger partial charge in [0.05, 0.1) is 19.8 Å². The second-order valence-corrected chi connectivity index (χ2v) is 7.12. The van der Waals surface area contributed by atoms with Crippen LogP contribution < -0.4 is 4.74 Å². The molecule has 138 valence electrons. The van der Waals surface area contributed by atoms with E-state index in [-0.39, 0.29) is 18.4 Å². The third-order valence-corrected chi connectivity index (χ3v) is 5.19. The van der Waals surface area contributed by atoms with Gasteiger partial charge in [-0.1, -0.05) is 42.5 Å². The molecular formula is C22H27NO3. The molecule has 0 heterocycles. The number of aliphatic hydroxyl groups excluding tert-OH is 1. The fourth-order valence-electron chi connectivity index (χ4n) is 3.39. The first-order valence-corrected chi connectivity index (χ1v) is 9.19. The Balaban J connectivity index is 1.59. The Hall–Kier alpha value is -2.33. The lowest BCUT2D eigenvalue weighted by atomic mass is 9.90. The van der Waals surface area contributed by atoms with Crippen molar-refractivity contribution in [2.75, 3.05) is 20.7 Å². The molecule has 2 aromatic carbocycles. The fourth-order valence-corrected chi connectivity index (χ4v) is 3.39. The van der Waals surface area contributed by atoms with Crippen LogP contribution in [-0.4, -0.2) is 36.6 Å². The van der Waals surface area contributed by atoms with Crippen LogP contribution in [0.2, 0.25) is 0 Å². The van der Waals surface area contributed by atoms with Gasteiger partial charge in [-0.2, -0.15) is 0 Å². The molecule has 4 heteroatoms. The minimum absolute atomic E-state index is 0.0818. The number of ether oxygens (including phenoxy) is 1. The molecule has 1 aliphatic carbocycles. The van der Waals surface area contributed by atoms with Crippen LogP contribution in [-0.2, 0) is 4.79 Å². The summed E-state index contributed by atoms with van der Waals surface area (Å²) in [7, 11) is 3.38. The topological polar surface area (TPSA) is 49.8 Å². The van der Waals surface area contributed by atoms with Gasteiger partial charge in [-0.3, -0.25) is 4.79 Å². The number of likely N-dealkylation sites (N-methyl/N-ethyl adjacent to an activating group) is 1. The monoisotopic (exact) mass is 353 g/mol. The summed E-state index contributed by atoms with van der Waals surface area (Å²) in [6.45, 7) is 0.289. The van der Waals surface area contributed by atoms with E-state index in [0.29, 0.717) is 12.3 Å². The highest BCUT2D eigenvalue weighted by Crippen LogP contribution is 2.44.